The van der Waals surface area contributed by atoms with E-state index in [1.165, 1.54) is 6.07 Å². The summed E-state index contributed by atoms with van der Waals surface area (Å²) < 4.78 is 5.31. The maximum absolute atomic E-state index is 11.3. The number of anilines is 2. The molecule has 0 aliphatic rings. The minimum absolute atomic E-state index is 0.0905. The number of hydrogen-bond acceptors (Lipinski definition) is 4. The van der Waals surface area contributed by atoms with Crippen molar-refractivity contribution in [2.45, 2.75) is 26.7 Å². The van der Waals surface area contributed by atoms with Crippen LogP contribution in [0.4, 0.5) is 17.1 Å². The fraction of sp³-hybridized carbons (Fsp3) is 0.278. The molecular weight excluding hydrogens is 338 g/mol. The average molecular weight is 359 g/mol. The van der Waals surface area contributed by atoms with Crippen molar-refractivity contribution >= 4 is 34.4 Å². The predicted octanol–water partition coefficient (Wildman–Crippen LogP) is 4.93. The highest BCUT2D eigenvalue weighted by Gasteiger charge is 2.17. The first-order chi connectivity index (χ1) is 11.9. The van der Waals surface area contributed by atoms with Crippen LogP contribution in [-0.2, 0) is 0 Å². The minimum Gasteiger partial charge on any atom is -0.494 e. The summed E-state index contributed by atoms with van der Waals surface area (Å²) in [5.74, 6) is 0.773. The van der Waals surface area contributed by atoms with Crippen molar-refractivity contribution in [1.29, 1.82) is 0 Å². The molecule has 2 aromatic carbocycles. The highest BCUT2D eigenvalue weighted by Crippen LogP contribution is 2.30. The van der Waals surface area contributed by atoms with Crippen LogP contribution < -0.4 is 15.4 Å². The second-order valence-corrected chi connectivity index (χ2v) is 6.10. The van der Waals surface area contributed by atoms with Gasteiger partial charge in [0.1, 0.15) is 11.4 Å². The number of nitro benzene ring substituents is 1. The molecule has 0 unspecified atom stereocenters. The van der Waals surface area contributed by atoms with Crippen LogP contribution in [0.25, 0.3) is 0 Å². The Morgan fingerprint density at radius 3 is 2.52 bits per heavy atom. The van der Waals surface area contributed by atoms with Crippen molar-refractivity contribution in [3.05, 3.63) is 58.1 Å². The normalized spacial score (nSPS) is 10.4. The summed E-state index contributed by atoms with van der Waals surface area (Å²) in [5, 5.41) is 17.6. The fourth-order valence-corrected chi connectivity index (χ4v) is 2.63. The molecule has 0 bridgehead atoms. The number of nitro groups is 1. The van der Waals surface area contributed by atoms with Gasteiger partial charge in [-0.3, -0.25) is 10.1 Å². The van der Waals surface area contributed by atoms with Gasteiger partial charge in [0, 0.05) is 5.69 Å². The second-order valence-electron chi connectivity index (χ2n) is 5.69. The molecule has 0 fully saturated rings. The second kappa shape index (κ2) is 8.43. The van der Waals surface area contributed by atoms with E-state index in [9.17, 15) is 10.1 Å². The van der Waals surface area contributed by atoms with Gasteiger partial charge in [-0.05, 0) is 48.8 Å². The van der Waals surface area contributed by atoms with E-state index in [2.05, 4.69) is 24.5 Å². The van der Waals surface area contributed by atoms with Crippen molar-refractivity contribution in [1.82, 2.24) is 0 Å². The van der Waals surface area contributed by atoms with E-state index in [0.29, 0.717) is 29.1 Å². The first-order valence-electron chi connectivity index (χ1n) is 8.00. The number of ether oxygens (including phenoxy) is 1. The lowest BCUT2D eigenvalue weighted by Crippen LogP contribution is -2.20. The number of thiocarbonyl (C=S) groups is 1. The van der Waals surface area contributed by atoms with Crippen LogP contribution in [0.5, 0.6) is 5.75 Å². The summed E-state index contributed by atoms with van der Waals surface area (Å²) in [5.41, 5.74) is 2.22. The van der Waals surface area contributed by atoms with Gasteiger partial charge >= 0.3 is 0 Å². The van der Waals surface area contributed by atoms with E-state index in [4.69, 9.17) is 17.0 Å². The van der Waals surface area contributed by atoms with Gasteiger partial charge in [-0.25, -0.2) is 0 Å². The van der Waals surface area contributed by atoms with Gasteiger partial charge in [0.05, 0.1) is 17.6 Å². The molecule has 2 N–H and O–H groups in total. The van der Waals surface area contributed by atoms with E-state index in [1.54, 1.807) is 12.1 Å². The molecule has 0 spiro atoms. The van der Waals surface area contributed by atoms with Crippen LogP contribution in [-0.4, -0.2) is 16.6 Å². The molecular formula is C18H21N3O3S. The largest absolute Gasteiger partial charge is 0.494 e. The van der Waals surface area contributed by atoms with Crippen molar-refractivity contribution < 1.29 is 9.66 Å². The summed E-state index contributed by atoms with van der Waals surface area (Å²) >= 11 is 5.32. The summed E-state index contributed by atoms with van der Waals surface area (Å²) in [7, 11) is 0. The molecule has 0 saturated heterocycles. The van der Waals surface area contributed by atoms with Gasteiger partial charge < -0.3 is 15.4 Å². The van der Waals surface area contributed by atoms with E-state index in [1.807, 2.05) is 31.2 Å². The number of hydrogen-bond donors (Lipinski definition) is 2. The topological polar surface area (TPSA) is 76.4 Å². The summed E-state index contributed by atoms with van der Waals surface area (Å²) in [4.78, 5) is 10.8. The van der Waals surface area contributed by atoms with Crippen LogP contribution in [0, 0.1) is 10.1 Å². The van der Waals surface area contributed by atoms with E-state index < -0.39 is 4.92 Å². The monoisotopic (exact) mass is 359 g/mol. The molecule has 0 aromatic heterocycles. The standard InChI is InChI=1S/C18H21N3O3S/c1-4-24-13-9-10-16(17(11-13)21(22)23)20-18(25)19-15-8-6-5-7-14(15)12(2)3/h5-12H,4H2,1-3H3,(H2,19,20,25). The van der Waals surface area contributed by atoms with Crippen LogP contribution in [0.2, 0.25) is 0 Å². The quantitative estimate of drug-likeness (QED) is 0.433. The first-order valence-corrected chi connectivity index (χ1v) is 8.41. The maximum atomic E-state index is 11.3. The molecule has 132 valence electrons. The van der Waals surface area contributed by atoms with Gasteiger partial charge in [0.25, 0.3) is 5.69 Å². The van der Waals surface area contributed by atoms with Crippen LogP contribution in [0.15, 0.2) is 42.5 Å². The predicted molar refractivity (Wildman–Crippen MR) is 105 cm³/mol. The summed E-state index contributed by atoms with van der Waals surface area (Å²) in [6.45, 7) is 6.45. The molecule has 25 heavy (non-hydrogen) atoms. The third-order valence-electron chi connectivity index (χ3n) is 3.56. The summed E-state index contributed by atoms with van der Waals surface area (Å²) in [6.07, 6.45) is 0. The van der Waals surface area contributed by atoms with Gasteiger partial charge in [0.15, 0.2) is 5.11 Å². The smallest absolute Gasteiger partial charge is 0.296 e. The Labute approximate surface area is 152 Å². The zero-order valence-corrected chi connectivity index (χ0v) is 15.2. The summed E-state index contributed by atoms with van der Waals surface area (Å²) in [6, 6.07) is 12.5. The van der Waals surface area contributed by atoms with Crippen LogP contribution >= 0.6 is 12.2 Å². The molecule has 2 aromatic rings. The van der Waals surface area contributed by atoms with E-state index in [0.717, 1.165) is 11.3 Å². The van der Waals surface area contributed by atoms with Crippen LogP contribution in [0.3, 0.4) is 0 Å². The number of benzene rings is 2. The van der Waals surface area contributed by atoms with Crippen molar-refractivity contribution in [2.24, 2.45) is 0 Å². The lowest BCUT2D eigenvalue weighted by atomic mass is 10.0. The third kappa shape index (κ3) is 4.90. The van der Waals surface area contributed by atoms with Crippen molar-refractivity contribution in [3.63, 3.8) is 0 Å². The Balaban J connectivity index is 2.19. The molecule has 0 aliphatic carbocycles. The molecule has 2 rings (SSSR count). The highest BCUT2D eigenvalue weighted by atomic mass is 32.1. The zero-order valence-electron chi connectivity index (χ0n) is 14.4. The van der Waals surface area contributed by atoms with Crippen LogP contribution in [0.1, 0.15) is 32.3 Å². The highest BCUT2D eigenvalue weighted by molar-refractivity contribution is 7.80. The number of para-hydroxylation sites is 1. The van der Waals surface area contributed by atoms with Gasteiger partial charge in [-0.15, -0.1) is 0 Å². The molecule has 0 atom stereocenters. The lowest BCUT2D eigenvalue weighted by Gasteiger charge is -2.16. The molecule has 0 radical (unpaired) electrons. The fourth-order valence-electron chi connectivity index (χ4n) is 2.41. The molecule has 7 heteroatoms. The number of rotatable bonds is 6. The molecule has 6 nitrogen and oxygen atoms in total. The Hall–Kier alpha value is -2.67. The zero-order chi connectivity index (χ0) is 18.4. The van der Waals surface area contributed by atoms with Gasteiger partial charge in [0.2, 0.25) is 0 Å². The van der Waals surface area contributed by atoms with Gasteiger partial charge in [-0.1, -0.05) is 32.0 Å². The Bertz CT molecular complexity index is 778. The molecule has 0 saturated carbocycles. The molecule has 0 heterocycles. The Morgan fingerprint density at radius 2 is 1.88 bits per heavy atom. The SMILES string of the molecule is CCOc1ccc(NC(=S)Nc2ccccc2C(C)C)c([N+](=O)[O-])c1. The minimum atomic E-state index is -0.463. The van der Waals surface area contributed by atoms with E-state index in [-0.39, 0.29) is 5.69 Å². The van der Waals surface area contributed by atoms with E-state index >= 15 is 0 Å². The Kier molecular flexibility index (Phi) is 6.30. The maximum Gasteiger partial charge on any atom is 0.296 e. The van der Waals surface area contributed by atoms with Gasteiger partial charge in [-0.2, -0.15) is 0 Å². The number of nitrogens with zero attached hydrogens (tertiary/aromatic N) is 1. The lowest BCUT2D eigenvalue weighted by molar-refractivity contribution is -0.384. The van der Waals surface area contributed by atoms with Crippen molar-refractivity contribution in [3.8, 4) is 5.75 Å². The Morgan fingerprint density at radius 1 is 1.20 bits per heavy atom. The average Bonchev–Trinajstić information content (AvgIpc) is 2.56. The number of nitrogens with one attached hydrogen (secondary N) is 2. The third-order valence-corrected chi connectivity index (χ3v) is 3.76. The molecule has 0 aliphatic heterocycles. The molecule has 0 amide bonds. The van der Waals surface area contributed by atoms with Crippen molar-refractivity contribution in [2.75, 3.05) is 17.2 Å². The first kappa shape index (κ1) is 18.7.